The molecule has 0 aliphatic carbocycles. The Morgan fingerprint density at radius 3 is 2.69 bits per heavy atom. The van der Waals surface area contributed by atoms with Gasteiger partial charge in [-0.1, -0.05) is 23.8 Å². The van der Waals surface area contributed by atoms with E-state index in [2.05, 4.69) is 37.4 Å². The molecule has 0 spiro atoms. The Labute approximate surface area is 81.7 Å². The molecule has 0 aliphatic heterocycles. The molecule has 1 N–H and O–H groups in total. The van der Waals surface area contributed by atoms with Crippen molar-refractivity contribution in [3.8, 4) is 0 Å². The molecule has 0 amide bonds. The highest BCUT2D eigenvalue weighted by molar-refractivity contribution is 5.08. The minimum absolute atomic E-state index is 0.789. The van der Waals surface area contributed by atoms with Gasteiger partial charge in [0, 0.05) is 13.7 Å². The Balaban J connectivity index is 3.16. The molecular formula is C11H21NO. The molecule has 0 heterocycles. The van der Waals surface area contributed by atoms with E-state index < -0.39 is 0 Å². The van der Waals surface area contributed by atoms with E-state index >= 15 is 0 Å². The summed E-state index contributed by atoms with van der Waals surface area (Å²) in [7, 11) is 1.72. The minimum Gasteiger partial charge on any atom is -0.383 e. The summed E-state index contributed by atoms with van der Waals surface area (Å²) in [4.78, 5) is 0. The summed E-state index contributed by atoms with van der Waals surface area (Å²) in [5.74, 6) is 0. The molecule has 0 aliphatic rings. The van der Waals surface area contributed by atoms with Gasteiger partial charge in [0.2, 0.25) is 0 Å². The molecule has 0 fully saturated rings. The minimum atomic E-state index is 0.789. The zero-order chi connectivity index (χ0) is 9.94. The van der Waals surface area contributed by atoms with Crippen molar-refractivity contribution in [2.75, 3.05) is 26.8 Å². The third-order valence-electron chi connectivity index (χ3n) is 1.54. The van der Waals surface area contributed by atoms with E-state index in [4.69, 9.17) is 4.74 Å². The van der Waals surface area contributed by atoms with E-state index in [9.17, 15) is 0 Å². The molecule has 0 atom stereocenters. The highest BCUT2D eigenvalue weighted by Gasteiger charge is 1.82. The molecular weight excluding hydrogens is 162 g/mol. The first-order chi connectivity index (χ1) is 6.27. The first kappa shape index (κ1) is 12.4. The maximum absolute atomic E-state index is 4.91. The van der Waals surface area contributed by atoms with E-state index in [0.717, 1.165) is 26.1 Å². The van der Waals surface area contributed by atoms with Gasteiger partial charge < -0.3 is 10.1 Å². The van der Waals surface area contributed by atoms with Crippen LogP contribution < -0.4 is 5.32 Å². The third kappa shape index (κ3) is 11.4. The third-order valence-corrected chi connectivity index (χ3v) is 1.54. The van der Waals surface area contributed by atoms with Gasteiger partial charge in [-0.3, -0.25) is 0 Å². The molecule has 0 aromatic rings. The van der Waals surface area contributed by atoms with Crippen LogP contribution in [0.4, 0.5) is 0 Å². The molecule has 0 radical (unpaired) electrons. The Kier molecular flexibility index (Phi) is 9.05. The fourth-order valence-corrected chi connectivity index (χ4v) is 0.841. The predicted octanol–water partition coefficient (Wildman–Crippen LogP) is 2.13. The lowest BCUT2D eigenvalue weighted by atomic mass is 10.3. The molecule has 0 saturated heterocycles. The molecule has 0 saturated carbocycles. The van der Waals surface area contributed by atoms with Crippen LogP contribution in [0.5, 0.6) is 0 Å². The summed E-state index contributed by atoms with van der Waals surface area (Å²) in [6.45, 7) is 6.95. The summed E-state index contributed by atoms with van der Waals surface area (Å²) in [5, 5.41) is 3.28. The molecule has 76 valence electrons. The van der Waals surface area contributed by atoms with Gasteiger partial charge in [-0.2, -0.15) is 0 Å². The van der Waals surface area contributed by atoms with Crippen LogP contribution in [0.15, 0.2) is 23.8 Å². The lowest BCUT2D eigenvalue weighted by molar-refractivity contribution is 0.199. The summed E-state index contributed by atoms with van der Waals surface area (Å²) < 4.78 is 4.91. The van der Waals surface area contributed by atoms with Gasteiger partial charge in [0.05, 0.1) is 6.61 Å². The van der Waals surface area contributed by atoms with Crippen molar-refractivity contribution in [2.24, 2.45) is 0 Å². The van der Waals surface area contributed by atoms with Crippen molar-refractivity contribution < 1.29 is 4.74 Å². The lowest BCUT2D eigenvalue weighted by Gasteiger charge is -1.99. The smallest absolute Gasteiger partial charge is 0.0587 e. The largest absolute Gasteiger partial charge is 0.383 e. The Morgan fingerprint density at radius 1 is 1.31 bits per heavy atom. The number of hydrogen-bond acceptors (Lipinski definition) is 2. The standard InChI is InChI=1S/C11H21NO/c1-11(2)7-5-4-6-8-12-9-10-13-3/h4-5,7,12H,6,8-10H2,1-3H3. The molecule has 2 nitrogen and oxygen atoms in total. The second kappa shape index (κ2) is 9.49. The monoisotopic (exact) mass is 183 g/mol. The van der Waals surface area contributed by atoms with Gasteiger partial charge in [-0.05, 0) is 26.8 Å². The van der Waals surface area contributed by atoms with Gasteiger partial charge in [-0.25, -0.2) is 0 Å². The van der Waals surface area contributed by atoms with Gasteiger partial charge in [0.25, 0.3) is 0 Å². The van der Waals surface area contributed by atoms with E-state index in [1.807, 2.05) is 0 Å². The summed E-state index contributed by atoms with van der Waals surface area (Å²) >= 11 is 0. The lowest BCUT2D eigenvalue weighted by Crippen LogP contribution is -2.19. The normalized spacial score (nSPS) is 10.7. The maximum Gasteiger partial charge on any atom is 0.0587 e. The van der Waals surface area contributed by atoms with Crippen LogP contribution in [0, 0.1) is 0 Å². The first-order valence-corrected chi connectivity index (χ1v) is 4.77. The van der Waals surface area contributed by atoms with E-state index in [-0.39, 0.29) is 0 Å². The number of rotatable bonds is 7. The number of hydrogen-bond donors (Lipinski definition) is 1. The molecule has 13 heavy (non-hydrogen) atoms. The van der Waals surface area contributed by atoms with Crippen molar-refractivity contribution in [3.63, 3.8) is 0 Å². The first-order valence-electron chi connectivity index (χ1n) is 4.77. The number of nitrogens with one attached hydrogen (secondary N) is 1. The van der Waals surface area contributed by atoms with Crippen LogP contribution in [0.25, 0.3) is 0 Å². The van der Waals surface area contributed by atoms with Crippen LogP contribution in [0.3, 0.4) is 0 Å². The highest BCUT2D eigenvalue weighted by Crippen LogP contribution is 1.90. The Morgan fingerprint density at radius 2 is 2.08 bits per heavy atom. The summed E-state index contributed by atoms with van der Waals surface area (Å²) in [6, 6.07) is 0. The second-order valence-corrected chi connectivity index (χ2v) is 3.20. The fraction of sp³-hybridized carbons (Fsp3) is 0.636. The molecule has 0 rings (SSSR count). The Hall–Kier alpha value is -0.600. The van der Waals surface area contributed by atoms with Crippen LogP contribution in [-0.2, 0) is 4.74 Å². The maximum atomic E-state index is 4.91. The van der Waals surface area contributed by atoms with Crippen LogP contribution in [0.1, 0.15) is 20.3 Å². The van der Waals surface area contributed by atoms with Crippen molar-refractivity contribution >= 4 is 0 Å². The Bertz CT molecular complexity index is 157. The van der Waals surface area contributed by atoms with Gasteiger partial charge in [0.1, 0.15) is 0 Å². The highest BCUT2D eigenvalue weighted by atomic mass is 16.5. The summed E-state index contributed by atoms with van der Waals surface area (Å²) in [6.07, 6.45) is 7.47. The van der Waals surface area contributed by atoms with Crippen molar-refractivity contribution in [1.82, 2.24) is 5.32 Å². The number of ether oxygens (including phenoxy) is 1. The van der Waals surface area contributed by atoms with Crippen molar-refractivity contribution in [2.45, 2.75) is 20.3 Å². The molecule has 0 aromatic heterocycles. The topological polar surface area (TPSA) is 21.3 Å². The van der Waals surface area contributed by atoms with Gasteiger partial charge in [0.15, 0.2) is 0 Å². The number of methoxy groups -OCH3 is 1. The SMILES string of the molecule is COCCNCCC=CC=C(C)C. The van der Waals surface area contributed by atoms with Crippen LogP contribution in [0.2, 0.25) is 0 Å². The van der Waals surface area contributed by atoms with E-state index in [1.54, 1.807) is 7.11 Å². The average Bonchev–Trinajstić information content (AvgIpc) is 2.09. The van der Waals surface area contributed by atoms with E-state index in [1.165, 1.54) is 5.57 Å². The van der Waals surface area contributed by atoms with E-state index in [0.29, 0.717) is 0 Å². The van der Waals surface area contributed by atoms with Gasteiger partial charge >= 0.3 is 0 Å². The van der Waals surface area contributed by atoms with Crippen molar-refractivity contribution in [3.05, 3.63) is 23.8 Å². The average molecular weight is 183 g/mol. The summed E-state index contributed by atoms with van der Waals surface area (Å²) in [5.41, 5.74) is 1.34. The molecule has 0 unspecified atom stereocenters. The zero-order valence-corrected chi connectivity index (χ0v) is 8.97. The molecule has 0 aromatic carbocycles. The quantitative estimate of drug-likeness (QED) is 0.482. The molecule has 2 heteroatoms. The molecule has 0 bridgehead atoms. The number of allylic oxidation sites excluding steroid dienone is 3. The van der Waals surface area contributed by atoms with Gasteiger partial charge in [-0.15, -0.1) is 0 Å². The zero-order valence-electron chi connectivity index (χ0n) is 8.97. The van der Waals surface area contributed by atoms with Crippen LogP contribution in [-0.4, -0.2) is 26.8 Å². The van der Waals surface area contributed by atoms with Crippen molar-refractivity contribution in [1.29, 1.82) is 0 Å². The van der Waals surface area contributed by atoms with Crippen LogP contribution >= 0.6 is 0 Å². The fourth-order valence-electron chi connectivity index (χ4n) is 0.841. The predicted molar refractivity (Wildman–Crippen MR) is 57.9 cm³/mol. The second-order valence-electron chi connectivity index (χ2n) is 3.20.